The van der Waals surface area contributed by atoms with Crippen LogP contribution < -0.4 is 4.90 Å². The number of pyridine rings is 1. The Kier molecular flexibility index (Phi) is 4.40. The highest BCUT2D eigenvalue weighted by Crippen LogP contribution is 2.24. The quantitative estimate of drug-likeness (QED) is 0.855. The number of hydrogen-bond donors (Lipinski definition) is 0. The number of rotatable bonds is 3. The summed E-state index contributed by atoms with van der Waals surface area (Å²) in [6.45, 7) is 3.55. The molecule has 0 spiro atoms. The van der Waals surface area contributed by atoms with E-state index < -0.39 is 0 Å². The van der Waals surface area contributed by atoms with Crippen LogP contribution >= 0.6 is 15.9 Å². The molecule has 0 aromatic carbocycles. The summed E-state index contributed by atoms with van der Waals surface area (Å²) in [5.41, 5.74) is 0. The molecule has 0 aliphatic carbocycles. The van der Waals surface area contributed by atoms with E-state index in [1.54, 1.807) is 0 Å². The maximum Gasteiger partial charge on any atom is 0.142 e. The fourth-order valence-electron chi connectivity index (χ4n) is 2.38. The lowest BCUT2D eigenvalue weighted by Gasteiger charge is -2.32. The first kappa shape index (κ1) is 12.8. The first-order chi connectivity index (χ1) is 8.16. The van der Waals surface area contributed by atoms with Crippen molar-refractivity contribution in [2.75, 3.05) is 38.6 Å². The molecule has 94 valence electrons. The van der Waals surface area contributed by atoms with E-state index in [0.717, 1.165) is 22.8 Å². The molecule has 1 aliphatic rings. The Morgan fingerprint density at radius 1 is 1.47 bits per heavy atom. The fourth-order valence-corrected chi connectivity index (χ4v) is 2.93. The van der Waals surface area contributed by atoms with E-state index in [4.69, 9.17) is 0 Å². The summed E-state index contributed by atoms with van der Waals surface area (Å²) >= 11 is 3.56. The van der Waals surface area contributed by atoms with Crippen LogP contribution in [0.15, 0.2) is 22.8 Å². The van der Waals surface area contributed by atoms with Crippen LogP contribution in [0.25, 0.3) is 0 Å². The molecule has 3 nitrogen and oxygen atoms in total. The number of nitrogens with zero attached hydrogens (tertiary/aromatic N) is 3. The van der Waals surface area contributed by atoms with Crippen molar-refractivity contribution in [2.45, 2.75) is 12.8 Å². The van der Waals surface area contributed by atoms with Crippen LogP contribution in [0, 0.1) is 5.92 Å². The zero-order chi connectivity index (χ0) is 12.3. The lowest BCUT2D eigenvalue weighted by Crippen LogP contribution is -2.36. The van der Waals surface area contributed by atoms with Gasteiger partial charge in [0.1, 0.15) is 5.82 Å². The van der Waals surface area contributed by atoms with Gasteiger partial charge in [-0.15, -0.1) is 0 Å². The molecule has 0 atom stereocenters. The molecule has 0 N–H and O–H groups in total. The van der Waals surface area contributed by atoms with Gasteiger partial charge in [0.15, 0.2) is 0 Å². The SMILES string of the molecule is CN1CCC(CN(C)c2ncccc2Br)CC1. The van der Waals surface area contributed by atoms with Gasteiger partial charge >= 0.3 is 0 Å². The Labute approximate surface area is 112 Å². The first-order valence-electron chi connectivity index (χ1n) is 6.17. The summed E-state index contributed by atoms with van der Waals surface area (Å²) in [5.74, 6) is 1.84. The average molecular weight is 298 g/mol. The van der Waals surface area contributed by atoms with Gasteiger partial charge in [-0.05, 0) is 67.0 Å². The van der Waals surface area contributed by atoms with Gasteiger partial charge in [-0.2, -0.15) is 0 Å². The number of anilines is 1. The van der Waals surface area contributed by atoms with Crippen molar-refractivity contribution in [1.29, 1.82) is 0 Å². The van der Waals surface area contributed by atoms with Crippen LogP contribution in [0.1, 0.15) is 12.8 Å². The third-order valence-electron chi connectivity index (χ3n) is 3.47. The van der Waals surface area contributed by atoms with Crippen LogP contribution in [-0.4, -0.2) is 43.6 Å². The van der Waals surface area contributed by atoms with Gasteiger partial charge < -0.3 is 9.80 Å². The van der Waals surface area contributed by atoms with Crippen molar-refractivity contribution in [2.24, 2.45) is 5.92 Å². The molecule has 1 saturated heterocycles. The van der Waals surface area contributed by atoms with Gasteiger partial charge in [-0.3, -0.25) is 0 Å². The third kappa shape index (κ3) is 3.42. The minimum absolute atomic E-state index is 0.796. The van der Waals surface area contributed by atoms with Crippen molar-refractivity contribution in [3.8, 4) is 0 Å². The molecule has 17 heavy (non-hydrogen) atoms. The van der Waals surface area contributed by atoms with Crippen LogP contribution in [0.5, 0.6) is 0 Å². The highest BCUT2D eigenvalue weighted by molar-refractivity contribution is 9.10. The lowest BCUT2D eigenvalue weighted by molar-refractivity contribution is 0.222. The monoisotopic (exact) mass is 297 g/mol. The van der Waals surface area contributed by atoms with Gasteiger partial charge in [-0.25, -0.2) is 4.98 Å². The number of likely N-dealkylation sites (tertiary alicyclic amines) is 1. The van der Waals surface area contributed by atoms with Crippen molar-refractivity contribution >= 4 is 21.7 Å². The maximum absolute atomic E-state index is 4.43. The van der Waals surface area contributed by atoms with Gasteiger partial charge in [0.05, 0.1) is 4.47 Å². The molecule has 1 aliphatic heterocycles. The van der Waals surface area contributed by atoms with Crippen LogP contribution in [-0.2, 0) is 0 Å². The molecule has 0 amide bonds. The molecule has 1 fully saturated rings. The standard InChI is InChI=1S/C13H20BrN3/c1-16-8-5-11(6-9-16)10-17(2)13-12(14)4-3-7-15-13/h3-4,7,11H,5-6,8-10H2,1-2H3. The summed E-state index contributed by atoms with van der Waals surface area (Å²) in [7, 11) is 4.33. The number of halogens is 1. The van der Waals surface area contributed by atoms with E-state index in [1.807, 2.05) is 18.3 Å². The predicted octanol–water partition coefficient (Wildman–Crippen LogP) is 2.62. The second-order valence-corrected chi connectivity index (χ2v) is 5.79. The highest BCUT2D eigenvalue weighted by Gasteiger charge is 2.19. The molecule has 1 aromatic heterocycles. The Morgan fingerprint density at radius 3 is 2.82 bits per heavy atom. The van der Waals surface area contributed by atoms with Crippen molar-refractivity contribution in [3.63, 3.8) is 0 Å². The smallest absolute Gasteiger partial charge is 0.142 e. The van der Waals surface area contributed by atoms with E-state index in [9.17, 15) is 0 Å². The highest BCUT2D eigenvalue weighted by atomic mass is 79.9. The third-order valence-corrected chi connectivity index (χ3v) is 4.09. The van der Waals surface area contributed by atoms with E-state index in [1.165, 1.54) is 25.9 Å². The maximum atomic E-state index is 4.43. The molecular weight excluding hydrogens is 278 g/mol. The Morgan fingerprint density at radius 2 is 2.18 bits per heavy atom. The van der Waals surface area contributed by atoms with Crippen LogP contribution in [0.3, 0.4) is 0 Å². The summed E-state index contributed by atoms with van der Waals surface area (Å²) in [5, 5.41) is 0. The van der Waals surface area contributed by atoms with Gasteiger partial charge in [-0.1, -0.05) is 0 Å². The molecule has 1 aromatic rings. The fraction of sp³-hybridized carbons (Fsp3) is 0.615. The zero-order valence-corrected chi connectivity index (χ0v) is 12.2. The molecule has 0 saturated carbocycles. The average Bonchev–Trinajstić information content (AvgIpc) is 2.32. The Bertz CT molecular complexity index is 361. The van der Waals surface area contributed by atoms with Gasteiger partial charge in [0.2, 0.25) is 0 Å². The molecule has 2 rings (SSSR count). The van der Waals surface area contributed by atoms with Gasteiger partial charge in [0, 0.05) is 19.8 Å². The summed E-state index contributed by atoms with van der Waals surface area (Å²) in [6, 6.07) is 4.00. The van der Waals surface area contributed by atoms with Crippen LogP contribution in [0.4, 0.5) is 5.82 Å². The van der Waals surface area contributed by atoms with Crippen molar-refractivity contribution in [3.05, 3.63) is 22.8 Å². The Balaban J connectivity index is 1.93. The summed E-state index contributed by atoms with van der Waals surface area (Å²) < 4.78 is 1.08. The molecule has 0 bridgehead atoms. The minimum Gasteiger partial charge on any atom is -0.358 e. The number of piperidine rings is 1. The lowest BCUT2D eigenvalue weighted by atomic mass is 9.97. The summed E-state index contributed by atoms with van der Waals surface area (Å²) in [6.07, 6.45) is 4.45. The minimum atomic E-state index is 0.796. The summed E-state index contributed by atoms with van der Waals surface area (Å²) in [4.78, 5) is 9.10. The van der Waals surface area contributed by atoms with Crippen LogP contribution in [0.2, 0.25) is 0 Å². The largest absolute Gasteiger partial charge is 0.358 e. The molecule has 0 radical (unpaired) electrons. The van der Waals surface area contributed by atoms with E-state index in [-0.39, 0.29) is 0 Å². The Hall–Kier alpha value is -0.610. The van der Waals surface area contributed by atoms with Crippen molar-refractivity contribution in [1.82, 2.24) is 9.88 Å². The van der Waals surface area contributed by atoms with E-state index in [0.29, 0.717) is 0 Å². The topological polar surface area (TPSA) is 19.4 Å². The molecule has 2 heterocycles. The number of aromatic nitrogens is 1. The molecular formula is C13H20BrN3. The van der Waals surface area contributed by atoms with E-state index >= 15 is 0 Å². The second kappa shape index (κ2) is 5.83. The normalized spacial score (nSPS) is 18.3. The zero-order valence-electron chi connectivity index (χ0n) is 10.6. The van der Waals surface area contributed by atoms with Gasteiger partial charge in [0.25, 0.3) is 0 Å². The number of hydrogen-bond acceptors (Lipinski definition) is 3. The molecule has 0 unspecified atom stereocenters. The first-order valence-corrected chi connectivity index (χ1v) is 6.96. The molecule has 4 heteroatoms. The second-order valence-electron chi connectivity index (χ2n) is 4.94. The van der Waals surface area contributed by atoms with E-state index in [2.05, 4.69) is 44.8 Å². The van der Waals surface area contributed by atoms with Crippen molar-refractivity contribution < 1.29 is 0 Å². The predicted molar refractivity (Wildman–Crippen MR) is 75.4 cm³/mol.